The van der Waals surface area contributed by atoms with Gasteiger partial charge < -0.3 is 15.7 Å². The summed E-state index contributed by atoms with van der Waals surface area (Å²) in [6, 6.07) is 14.7. The summed E-state index contributed by atoms with van der Waals surface area (Å²) in [5.41, 5.74) is 2.44. The molecule has 0 saturated carbocycles. The van der Waals surface area contributed by atoms with Gasteiger partial charge in [0, 0.05) is 5.69 Å². The van der Waals surface area contributed by atoms with Gasteiger partial charge >= 0.3 is 6.03 Å². The van der Waals surface area contributed by atoms with Crippen molar-refractivity contribution < 1.29 is 9.90 Å². The number of aliphatic hydroxyl groups is 1. The van der Waals surface area contributed by atoms with Crippen molar-refractivity contribution in [2.75, 3.05) is 11.9 Å². The highest BCUT2D eigenvalue weighted by Gasteiger charge is 2.36. The topological polar surface area (TPSA) is 92.1 Å². The summed E-state index contributed by atoms with van der Waals surface area (Å²) in [5.74, 6) is 0. The second-order valence-corrected chi connectivity index (χ2v) is 6.39. The van der Waals surface area contributed by atoms with E-state index in [1.54, 1.807) is 29.2 Å². The molecule has 1 aliphatic carbocycles. The minimum Gasteiger partial charge on any atom is -0.383 e. The van der Waals surface area contributed by atoms with Crippen LogP contribution in [-0.2, 0) is 12.0 Å². The van der Waals surface area contributed by atoms with Crippen LogP contribution < -0.4 is 10.6 Å². The van der Waals surface area contributed by atoms with Gasteiger partial charge in [-0.25, -0.2) is 9.48 Å². The van der Waals surface area contributed by atoms with Gasteiger partial charge in [0.15, 0.2) is 0 Å². The number of hydrogen-bond donors (Lipinski definition) is 3. The summed E-state index contributed by atoms with van der Waals surface area (Å²) in [6.07, 6.45) is 4.74. The average Bonchev–Trinajstić information content (AvgIpc) is 3.30. The zero-order valence-corrected chi connectivity index (χ0v) is 14.1. The number of amides is 2. The first-order chi connectivity index (χ1) is 12.6. The Morgan fingerprint density at radius 3 is 2.96 bits per heavy atom. The fraction of sp³-hybridized carbons (Fsp3) is 0.211. The number of aromatic nitrogens is 3. The summed E-state index contributed by atoms with van der Waals surface area (Å²) >= 11 is 0. The lowest BCUT2D eigenvalue weighted by atomic mass is 9.96. The molecule has 2 aromatic carbocycles. The van der Waals surface area contributed by atoms with Gasteiger partial charge in [-0.3, -0.25) is 0 Å². The average molecular weight is 349 g/mol. The Balaban J connectivity index is 1.40. The minimum atomic E-state index is -1.02. The van der Waals surface area contributed by atoms with Gasteiger partial charge in [0.2, 0.25) is 0 Å². The summed E-state index contributed by atoms with van der Waals surface area (Å²) in [7, 11) is 0. The summed E-state index contributed by atoms with van der Waals surface area (Å²) < 4.78 is 1.61. The molecule has 2 amide bonds. The number of carbonyl (C=O) groups is 1. The highest BCUT2D eigenvalue weighted by Crippen LogP contribution is 2.36. The van der Waals surface area contributed by atoms with E-state index < -0.39 is 5.60 Å². The molecular weight excluding hydrogens is 330 g/mol. The molecule has 1 aromatic heterocycles. The van der Waals surface area contributed by atoms with Crippen LogP contribution in [0.5, 0.6) is 0 Å². The normalized spacial score (nSPS) is 18.3. The molecule has 0 radical (unpaired) electrons. The van der Waals surface area contributed by atoms with Crippen molar-refractivity contribution in [3.05, 3.63) is 72.1 Å². The van der Waals surface area contributed by atoms with Crippen LogP contribution >= 0.6 is 0 Å². The van der Waals surface area contributed by atoms with Crippen LogP contribution in [-0.4, -0.2) is 32.7 Å². The first kappa shape index (κ1) is 16.3. The van der Waals surface area contributed by atoms with Gasteiger partial charge in [-0.05, 0) is 42.2 Å². The predicted molar refractivity (Wildman–Crippen MR) is 97.0 cm³/mol. The Kier molecular flexibility index (Phi) is 4.14. The van der Waals surface area contributed by atoms with Crippen molar-refractivity contribution in [3.63, 3.8) is 0 Å². The first-order valence-corrected chi connectivity index (χ1v) is 8.46. The van der Waals surface area contributed by atoms with E-state index in [9.17, 15) is 9.90 Å². The molecule has 0 spiro atoms. The Bertz CT molecular complexity index is 925. The highest BCUT2D eigenvalue weighted by molar-refractivity contribution is 5.89. The number of urea groups is 1. The highest BCUT2D eigenvalue weighted by atomic mass is 16.3. The summed E-state index contributed by atoms with van der Waals surface area (Å²) in [4.78, 5) is 12.3. The zero-order chi connectivity index (χ0) is 18.0. The van der Waals surface area contributed by atoms with Gasteiger partial charge in [0.25, 0.3) is 0 Å². The van der Waals surface area contributed by atoms with Crippen LogP contribution in [0, 0.1) is 0 Å². The van der Waals surface area contributed by atoms with E-state index >= 15 is 0 Å². The van der Waals surface area contributed by atoms with Gasteiger partial charge in [-0.15, -0.1) is 5.10 Å². The molecule has 7 heteroatoms. The number of nitrogens with zero attached hydrogens (tertiary/aromatic N) is 3. The Morgan fingerprint density at radius 2 is 2.12 bits per heavy atom. The van der Waals surface area contributed by atoms with Crippen LogP contribution in [0.1, 0.15) is 17.5 Å². The van der Waals surface area contributed by atoms with Crippen LogP contribution in [0.3, 0.4) is 0 Å². The Morgan fingerprint density at radius 1 is 1.23 bits per heavy atom. The lowest BCUT2D eigenvalue weighted by molar-refractivity contribution is 0.0417. The second kappa shape index (κ2) is 6.61. The van der Waals surface area contributed by atoms with Crippen molar-refractivity contribution in [3.8, 4) is 5.69 Å². The van der Waals surface area contributed by atoms with Crippen molar-refractivity contribution in [2.24, 2.45) is 0 Å². The van der Waals surface area contributed by atoms with Gasteiger partial charge in [-0.1, -0.05) is 35.5 Å². The zero-order valence-electron chi connectivity index (χ0n) is 14.1. The van der Waals surface area contributed by atoms with Gasteiger partial charge in [0.1, 0.15) is 5.60 Å². The SMILES string of the molecule is O=C(NCC1(O)CCc2ccccc21)Nc1cccc(-n2ccnn2)c1. The predicted octanol–water partition coefficient (Wildman–Crippen LogP) is 2.22. The maximum atomic E-state index is 12.3. The van der Waals surface area contributed by atoms with Crippen molar-refractivity contribution in [1.82, 2.24) is 20.3 Å². The molecule has 1 unspecified atom stereocenters. The molecule has 26 heavy (non-hydrogen) atoms. The quantitative estimate of drug-likeness (QED) is 0.673. The van der Waals surface area contributed by atoms with E-state index in [1.165, 1.54) is 0 Å². The maximum absolute atomic E-state index is 12.3. The van der Waals surface area contributed by atoms with Crippen molar-refractivity contribution in [1.29, 1.82) is 0 Å². The van der Waals surface area contributed by atoms with Crippen LogP contribution in [0.25, 0.3) is 5.69 Å². The number of anilines is 1. The molecule has 1 heterocycles. The molecule has 0 aliphatic heterocycles. The monoisotopic (exact) mass is 349 g/mol. The lowest BCUT2D eigenvalue weighted by Gasteiger charge is -2.24. The molecule has 1 aliphatic rings. The summed E-state index contributed by atoms with van der Waals surface area (Å²) in [6.45, 7) is 0.165. The van der Waals surface area contributed by atoms with E-state index in [2.05, 4.69) is 20.9 Å². The standard InChI is InChI=1S/C19H19N5O2/c25-18(20-13-19(26)9-8-14-4-1-2-7-17(14)19)22-15-5-3-6-16(12-15)24-11-10-21-23-24/h1-7,10-12,26H,8-9,13H2,(H2,20,22,25). The number of benzene rings is 2. The number of rotatable bonds is 4. The minimum absolute atomic E-state index is 0.165. The molecule has 7 nitrogen and oxygen atoms in total. The third kappa shape index (κ3) is 3.16. The maximum Gasteiger partial charge on any atom is 0.319 e. The molecule has 3 N–H and O–H groups in total. The molecule has 0 bridgehead atoms. The Hall–Kier alpha value is -3.19. The van der Waals surface area contributed by atoms with Crippen LogP contribution in [0.2, 0.25) is 0 Å². The van der Waals surface area contributed by atoms with Gasteiger partial charge in [-0.2, -0.15) is 0 Å². The van der Waals surface area contributed by atoms with Crippen molar-refractivity contribution >= 4 is 11.7 Å². The van der Waals surface area contributed by atoms with E-state index in [0.29, 0.717) is 12.1 Å². The van der Waals surface area contributed by atoms with Crippen molar-refractivity contribution in [2.45, 2.75) is 18.4 Å². The van der Waals surface area contributed by atoms with E-state index in [-0.39, 0.29) is 12.6 Å². The van der Waals surface area contributed by atoms with Crippen LogP contribution in [0.15, 0.2) is 60.9 Å². The lowest BCUT2D eigenvalue weighted by Crippen LogP contribution is -2.41. The smallest absolute Gasteiger partial charge is 0.319 e. The molecule has 3 aromatic rings. The summed E-state index contributed by atoms with van der Waals surface area (Å²) in [5, 5.41) is 24.1. The first-order valence-electron chi connectivity index (χ1n) is 8.46. The third-order valence-electron chi connectivity index (χ3n) is 4.66. The second-order valence-electron chi connectivity index (χ2n) is 6.39. The van der Waals surface area contributed by atoms with Gasteiger partial charge in [0.05, 0.1) is 24.6 Å². The molecule has 0 saturated heterocycles. The third-order valence-corrected chi connectivity index (χ3v) is 4.66. The number of aryl methyl sites for hydroxylation is 1. The van der Waals surface area contributed by atoms with E-state index in [4.69, 9.17) is 0 Å². The number of hydrogen-bond acceptors (Lipinski definition) is 4. The molecule has 132 valence electrons. The molecular formula is C19H19N5O2. The molecule has 1 atom stereocenters. The number of carbonyl (C=O) groups excluding carboxylic acids is 1. The fourth-order valence-electron chi connectivity index (χ4n) is 3.33. The van der Waals surface area contributed by atoms with Crippen LogP contribution in [0.4, 0.5) is 10.5 Å². The number of nitrogens with one attached hydrogen (secondary N) is 2. The largest absolute Gasteiger partial charge is 0.383 e. The fourth-order valence-corrected chi connectivity index (χ4v) is 3.33. The van der Waals surface area contributed by atoms with E-state index in [0.717, 1.165) is 23.2 Å². The molecule has 4 rings (SSSR count). The Labute approximate surface area is 150 Å². The van der Waals surface area contributed by atoms with E-state index in [1.807, 2.05) is 36.4 Å². The molecule has 0 fully saturated rings. The number of fused-ring (bicyclic) bond motifs is 1.